The highest BCUT2D eigenvalue weighted by molar-refractivity contribution is 6.42. The second-order valence-corrected chi connectivity index (χ2v) is 5.20. The number of nitrogens with zero attached hydrogens (tertiary/aromatic N) is 1. The summed E-state index contributed by atoms with van der Waals surface area (Å²) in [6.07, 6.45) is 2.44. The van der Waals surface area contributed by atoms with Crippen molar-refractivity contribution >= 4 is 35.0 Å². The molecule has 0 bridgehead atoms. The van der Waals surface area contributed by atoms with Gasteiger partial charge in [0.05, 0.1) is 10.0 Å². The number of carbonyl (C=O) groups excluding carboxylic acids is 2. The average Bonchev–Trinajstić information content (AvgIpc) is 2.86. The van der Waals surface area contributed by atoms with Crippen molar-refractivity contribution in [1.82, 2.24) is 4.90 Å². The predicted molar refractivity (Wildman–Crippen MR) is 68.4 cm³/mol. The van der Waals surface area contributed by atoms with Crippen molar-refractivity contribution in [3.63, 3.8) is 0 Å². The Kier molecular flexibility index (Phi) is 2.68. The van der Waals surface area contributed by atoms with E-state index < -0.39 is 0 Å². The largest absolute Gasteiger partial charge is 0.274 e. The Balaban J connectivity index is 2.01. The molecule has 1 unspecified atom stereocenters. The van der Waals surface area contributed by atoms with Crippen LogP contribution in [0, 0.1) is 0 Å². The molecule has 92 valence electrons. The van der Waals surface area contributed by atoms with Crippen molar-refractivity contribution in [2.45, 2.75) is 18.8 Å². The van der Waals surface area contributed by atoms with E-state index in [1.54, 1.807) is 12.1 Å². The average molecular weight is 282 g/mol. The number of allylic oxidation sites excluding steroid dienone is 1. The van der Waals surface area contributed by atoms with Crippen LogP contribution < -0.4 is 0 Å². The highest BCUT2D eigenvalue weighted by Crippen LogP contribution is 2.42. The Labute approximate surface area is 114 Å². The molecule has 0 spiro atoms. The minimum atomic E-state index is -0.141. The Hall–Kier alpha value is -1.32. The van der Waals surface area contributed by atoms with Gasteiger partial charge in [-0.05, 0) is 17.7 Å². The number of amides is 2. The van der Waals surface area contributed by atoms with Crippen molar-refractivity contribution in [1.29, 1.82) is 0 Å². The predicted octanol–water partition coefficient (Wildman–Crippen LogP) is 3.12. The minimum absolute atomic E-state index is 0.0845. The first kappa shape index (κ1) is 11.8. The van der Waals surface area contributed by atoms with Crippen molar-refractivity contribution in [3.8, 4) is 0 Å². The number of rotatable bonds is 1. The molecule has 0 N–H and O–H groups in total. The first-order chi connectivity index (χ1) is 8.58. The lowest BCUT2D eigenvalue weighted by Crippen LogP contribution is -2.26. The third-order valence-electron chi connectivity index (χ3n) is 3.32. The zero-order chi connectivity index (χ0) is 12.9. The molecule has 3 nitrogen and oxygen atoms in total. The molecule has 2 amide bonds. The van der Waals surface area contributed by atoms with E-state index in [0.717, 1.165) is 11.3 Å². The van der Waals surface area contributed by atoms with E-state index >= 15 is 0 Å². The van der Waals surface area contributed by atoms with Gasteiger partial charge in [-0.1, -0.05) is 35.3 Å². The zero-order valence-electron chi connectivity index (χ0n) is 9.32. The van der Waals surface area contributed by atoms with Crippen LogP contribution in [-0.2, 0) is 9.59 Å². The minimum Gasteiger partial charge on any atom is -0.274 e. The maximum atomic E-state index is 11.8. The Morgan fingerprint density at radius 3 is 2.61 bits per heavy atom. The van der Waals surface area contributed by atoms with Crippen LogP contribution in [0.3, 0.4) is 0 Å². The molecule has 0 aliphatic carbocycles. The second kappa shape index (κ2) is 4.11. The molecule has 5 heteroatoms. The van der Waals surface area contributed by atoms with Gasteiger partial charge < -0.3 is 0 Å². The van der Waals surface area contributed by atoms with Gasteiger partial charge in [0.2, 0.25) is 11.8 Å². The van der Waals surface area contributed by atoms with E-state index in [0.29, 0.717) is 22.9 Å². The molecule has 2 aliphatic heterocycles. The van der Waals surface area contributed by atoms with Crippen molar-refractivity contribution in [2.75, 3.05) is 0 Å². The Morgan fingerprint density at radius 2 is 1.89 bits per heavy atom. The summed E-state index contributed by atoms with van der Waals surface area (Å²) < 4.78 is 0. The van der Waals surface area contributed by atoms with E-state index in [9.17, 15) is 9.59 Å². The van der Waals surface area contributed by atoms with Crippen LogP contribution >= 0.6 is 23.2 Å². The number of hydrogen-bond donors (Lipinski definition) is 0. The van der Waals surface area contributed by atoms with Gasteiger partial charge in [-0.15, -0.1) is 0 Å². The fourth-order valence-corrected chi connectivity index (χ4v) is 2.79. The summed E-state index contributed by atoms with van der Waals surface area (Å²) >= 11 is 11.9. The summed E-state index contributed by atoms with van der Waals surface area (Å²) in [6.45, 7) is 0. The molecule has 18 heavy (non-hydrogen) atoms. The number of imide groups is 1. The molecule has 1 atom stereocenters. The van der Waals surface area contributed by atoms with Crippen LogP contribution in [0.25, 0.3) is 0 Å². The van der Waals surface area contributed by atoms with E-state index in [-0.39, 0.29) is 17.7 Å². The number of halogens is 2. The first-order valence-electron chi connectivity index (χ1n) is 5.58. The van der Waals surface area contributed by atoms with Gasteiger partial charge in [0.25, 0.3) is 0 Å². The van der Waals surface area contributed by atoms with Gasteiger partial charge in [-0.25, -0.2) is 0 Å². The standard InChI is InChI=1S/C13H9Cl2NO2/c14-9-2-1-7(5-10(9)15)8-6-13(18)16-11(8)3-4-12(16)17/h1-3,5,8H,4,6H2. The quantitative estimate of drug-likeness (QED) is 0.742. The van der Waals surface area contributed by atoms with Crippen LogP contribution in [-0.4, -0.2) is 16.7 Å². The summed E-state index contributed by atoms with van der Waals surface area (Å²) in [5, 5.41) is 0.947. The molecule has 2 aliphatic rings. The normalized spacial score (nSPS) is 22.4. The summed E-state index contributed by atoms with van der Waals surface area (Å²) in [5.74, 6) is -0.365. The Bertz CT molecular complexity index is 595. The van der Waals surface area contributed by atoms with Crippen LogP contribution in [0.5, 0.6) is 0 Å². The molecule has 1 aromatic carbocycles. The van der Waals surface area contributed by atoms with Crippen molar-refractivity contribution < 1.29 is 9.59 Å². The highest BCUT2D eigenvalue weighted by Gasteiger charge is 2.42. The van der Waals surface area contributed by atoms with Gasteiger partial charge in [0.1, 0.15) is 0 Å². The molecule has 3 rings (SSSR count). The van der Waals surface area contributed by atoms with Gasteiger partial charge in [0.15, 0.2) is 0 Å². The molecular formula is C13H9Cl2NO2. The third-order valence-corrected chi connectivity index (χ3v) is 4.06. The van der Waals surface area contributed by atoms with Crippen LogP contribution in [0.4, 0.5) is 0 Å². The fraction of sp³-hybridized carbons (Fsp3) is 0.231. The number of fused-ring (bicyclic) bond motifs is 1. The van der Waals surface area contributed by atoms with Crippen LogP contribution in [0.2, 0.25) is 10.0 Å². The molecule has 1 saturated heterocycles. The third kappa shape index (κ3) is 1.66. The van der Waals surface area contributed by atoms with Crippen LogP contribution in [0.1, 0.15) is 24.3 Å². The lowest BCUT2D eigenvalue weighted by Gasteiger charge is -2.13. The van der Waals surface area contributed by atoms with E-state index in [1.165, 1.54) is 4.90 Å². The van der Waals surface area contributed by atoms with Crippen LogP contribution in [0.15, 0.2) is 30.0 Å². The lowest BCUT2D eigenvalue weighted by atomic mass is 9.95. The lowest BCUT2D eigenvalue weighted by molar-refractivity contribution is -0.138. The molecule has 0 radical (unpaired) electrons. The maximum Gasteiger partial charge on any atom is 0.237 e. The fourth-order valence-electron chi connectivity index (χ4n) is 2.49. The number of benzene rings is 1. The Morgan fingerprint density at radius 1 is 1.11 bits per heavy atom. The van der Waals surface area contributed by atoms with E-state index in [1.807, 2.05) is 12.1 Å². The molecule has 0 aromatic heterocycles. The summed E-state index contributed by atoms with van der Waals surface area (Å²) in [6, 6.07) is 5.32. The highest BCUT2D eigenvalue weighted by atomic mass is 35.5. The number of hydrogen-bond acceptors (Lipinski definition) is 2. The zero-order valence-corrected chi connectivity index (χ0v) is 10.8. The molecule has 0 saturated carbocycles. The van der Waals surface area contributed by atoms with Gasteiger partial charge >= 0.3 is 0 Å². The van der Waals surface area contributed by atoms with Gasteiger partial charge in [0, 0.05) is 24.5 Å². The van der Waals surface area contributed by atoms with Crippen molar-refractivity contribution in [3.05, 3.63) is 45.6 Å². The number of carbonyl (C=O) groups is 2. The van der Waals surface area contributed by atoms with E-state index in [2.05, 4.69) is 0 Å². The topological polar surface area (TPSA) is 37.4 Å². The molecule has 2 heterocycles. The molecular weight excluding hydrogens is 273 g/mol. The molecule has 1 fully saturated rings. The summed E-state index contributed by atoms with van der Waals surface area (Å²) in [5.41, 5.74) is 1.70. The van der Waals surface area contributed by atoms with E-state index in [4.69, 9.17) is 23.2 Å². The van der Waals surface area contributed by atoms with Gasteiger partial charge in [-0.3, -0.25) is 14.5 Å². The maximum absolute atomic E-state index is 11.8. The smallest absolute Gasteiger partial charge is 0.237 e. The molecule has 1 aromatic rings. The van der Waals surface area contributed by atoms with Crippen molar-refractivity contribution in [2.24, 2.45) is 0 Å². The summed E-state index contributed by atoms with van der Waals surface area (Å²) in [7, 11) is 0. The van der Waals surface area contributed by atoms with Gasteiger partial charge in [-0.2, -0.15) is 0 Å². The SMILES string of the molecule is O=C1CC=C2C(c3ccc(Cl)c(Cl)c3)CC(=O)N12. The summed E-state index contributed by atoms with van der Waals surface area (Å²) in [4.78, 5) is 24.7. The monoisotopic (exact) mass is 281 g/mol. The second-order valence-electron chi connectivity index (χ2n) is 4.39. The first-order valence-corrected chi connectivity index (χ1v) is 6.34.